The molecular formula is C26H36O4S. The Morgan fingerprint density at radius 3 is 1.61 bits per heavy atom. The van der Waals surface area contributed by atoms with Gasteiger partial charge in [0.15, 0.2) is 0 Å². The number of fused-ring (bicyclic) bond motifs is 2. The molecule has 1 unspecified atom stereocenters. The molecule has 0 amide bonds. The highest BCUT2D eigenvalue weighted by Gasteiger charge is 2.53. The van der Waals surface area contributed by atoms with Crippen molar-refractivity contribution in [2.75, 3.05) is 7.11 Å². The lowest BCUT2D eigenvalue weighted by Gasteiger charge is -2.51. The van der Waals surface area contributed by atoms with E-state index in [1.807, 2.05) is 39.8 Å². The van der Waals surface area contributed by atoms with E-state index in [0.717, 1.165) is 58.1 Å². The second-order valence-corrected chi connectivity index (χ2v) is 9.94. The van der Waals surface area contributed by atoms with Gasteiger partial charge in [0.25, 0.3) is 5.79 Å². The number of benzene rings is 2. The van der Waals surface area contributed by atoms with E-state index in [9.17, 15) is 0 Å². The molecule has 0 fully saturated rings. The molecule has 2 heterocycles. The van der Waals surface area contributed by atoms with Gasteiger partial charge >= 0.3 is 0 Å². The maximum atomic E-state index is 6.64. The van der Waals surface area contributed by atoms with Crippen LogP contribution in [0.3, 0.4) is 0 Å². The Morgan fingerprint density at radius 1 is 0.774 bits per heavy atom. The Labute approximate surface area is 192 Å². The molecule has 0 aromatic heterocycles. The van der Waals surface area contributed by atoms with Crippen LogP contribution in [0.25, 0.3) is 0 Å². The third kappa shape index (κ3) is 4.09. The summed E-state index contributed by atoms with van der Waals surface area (Å²) in [6, 6.07) is 8.27. The molecule has 2 aliphatic heterocycles. The third-order valence-corrected chi connectivity index (χ3v) is 6.54. The molecule has 0 saturated carbocycles. The van der Waals surface area contributed by atoms with Crippen LogP contribution in [0.1, 0.15) is 76.6 Å². The maximum absolute atomic E-state index is 6.64. The van der Waals surface area contributed by atoms with Gasteiger partial charge in [-0.25, -0.2) is 0 Å². The van der Waals surface area contributed by atoms with Crippen LogP contribution in [0.4, 0.5) is 0 Å². The molecule has 1 spiro atoms. The van der Waals surface area contributed by atoms with Gasteiger partial charge in [-0.05, 0) is 49.2 Å². The van der Waals surface area contributed by atoms with Crippen molar-refractivity contribution in [2.24, 2.45) is 0 Å². The summed E-state index contributed by atoms with van der Waals surface area (Å²) in [6.07, 6.45) is 1.50. The fourth-order valence-electron chi connectivity index (χ4n) is 5.03. The molecule has 0 saturated heterocycles. The van der Waals surface area contributed by atoms with Gasteiger partial charge in [0.05, 0.1) is 7.11 Å². The molecule has 2 aliphatic rings. The van der Waals surface area contributed by atoms with Crippen molar-refractivity contribution in [3.63, 3.8) is 0 Å². The van der Waals surface area contributed by atoms with Crippen LogP contribution in [0.15, 0.2) is 24.3 Å². The molecule has 2 aromatic rings. The molecule has 31 heavy (non-hydrogen) atoms. The van der Waals surface area contributed by atoms with E-state index in [-0.39, 0.29) is 10.8 Å². The summed E-state index contributed by atoms with van der Waals surface area (Å²) in [5, 5.41) is 0. The minimum atomic E-state index is -0.718. The van der Waals surface area contributed by atoms with Crippen molar-refractivity contribution in [3.8, 4) is 23.0 Å². The first-order valence-corrected chi connectivity index (χ1v) is 11.4. The largest absolute Gasteiger partial charge is 0.496 e. The molecule has 0 N–H and O–H groups in total. The normalized spacial score (nSPS) is 22.1. The van der Waals surface area contributed by atoms with Crippen LogP contribution in [-0.4, -0.2) is 12.9 Å². The third-order valence-electron chi connectivity index (χ3n) is 6.35. The molecule has 0 aliphatic carbocycles. The fraction of sp³-hybridized carbons (Fsp3) is 0.538. The van der Waals surface area contributed by atoms with Crippen molar-refractivity contribution in [1.29, 1.82) is 0 Å². The molecule has 5 heteroatoms. The van der Waals surface area contributed by atoms with Crippen LogP contribution in [0, 0.1) is 13.8 Å². The van der Waals surface area contributed by atoms with Gasteiger partial charge in [-0.1, -0.05) is 41.5 Å². The van der Waals surface area contributed by atoms with E-state index < -0.39 is 5.79 Å². The zero-order chi connectivity index (χ0) is 23.2. The molecule has 0 radical (unpaired) electrons. The second kappa shape index (κ2) is 8.16. The van der Waals surface area contributed by atoms with Gasteiger partial charge < -0.3 is 18.4 Å². The van der Waals surface area contributed by atoms with Gasteiger partial charge in [-0.2, -0.15) is 0 Å². The van der Waals surface area contributed by atoms with E-state index in [1.165, 1.54) is 0 Å². The number of hydrogen-bond donors (Lipinski definition) is 1. The number of aryl methyl sites for hydroxylation is 2. The number of ether oxygens (including phenoxy) is 3. The van der Waals surface area contributed by atoms with Crippen LogP contribution in [-0.2, 0) is 10.8 Å². The van der Waals surface area contributed by atoms with Gasteiger partial charge in [0.2, 0.25) is 0 Å². The second-order valence-electron chi connectivity index (χ2n) is 9.76. The first-order valence-electron chi connectivity index (χ1n) is 11.0. The average molecular weight is 445 g/mol. The van der Waals surface area contributed by atoms with Gasteiger partial charge in [-0.3, -0.25) is 0 Å². The first-order chi connectivity index (χ1) is 14.5. The summed E-state index contributed by atoms with van der Waals surface area (Å²) < 4.78 is 24.1. The first kappa shape index (κ1) is 23.6. The van der Waals surface area contributed by atoms with Crippen molar-refractivity contribution in [1.82, 2.24) is 0 Å². The summed E-state index contributed by atoms with van der Waals surface area (Å²) in [5.74, 6) is 2.67. The van der Waals surface area contributed by atoms with E-state index in [2.05, 4.69) is 52.7 Å². The van der Waals surface area contributed by atoms with E-state index >= 15 is 0 Å². The highest BCUT2D eigenvalue weighted by Crippen LogP contribution is 2.55. The van der Waals surface area contributed by atoms with Crippen LogP contribution in [0.2, 0.25) is 0 Å². The number of hydrogen-bond acceptors (Lipinski definition) is 5. The highest BCUT2D eigenvalue weighted by atomic mass is 32.1. The van der Waals surface area contributed by atoms with Crippen LogP contribution in [0.5, 0.6) is 23.0 Å². The summed E-state index contributed by atoms with van der Waals surface area (Å²) in [5.41, 5.74) is 4.07. The quantitative estimate of drug-likeness (QED) is 0.397. The van der Waals surface area contributed by atoms with E-state index in [4.69, 9.17) is 18.4 Å². The highest BCUT2D eigenvalue weighted by molar-refractivity contribution is 7.75. The molecular weight excluding hydrogens is 408 g/mol. The minimum Gasteiger partial charge on any atom is -0.496 e. The number of thiol groups is 1. The average Bonchev–Trinajstić information content (AvgIpc) is 2.67. The van der Waals surface area contributed by atoms with E-state index in [1.54, 1.807) is 7.11 Å². The zero-order valence-corrected chi connectivity index (χ0v) is 21.2. The fourth-order valence-corrected chi connectivity index (χ4v) is 5.23. The lowest BCUT2D eigenvalue weighted by atomic mass is 9.69. The molecule has 4 nitrogen and oxygen atoms in total. The molecule has 2 aromatic carbocycles. The van der Waals surface area contributed by atoms with Crippen LogP contribution >= 0.6 is 12.9 Å². The predicted octanol–water partition coefficient (Wildman–Crippen LogP) is 7.08. The van der Waals surface area contributed by atoms with Crippen LogP contribution < -0.4 is 18.4 Å². The Hall–Kier alpha value is -2.01. The van der Waals surface area contributed by atoms with Crippen molar-refractivity contribution >= 4 is 12.9 Å². The van der Waals surface area contributed by atoms with Gasteiger partial charge in [0.1, 0.15) is 23.0 Å². The lowest BCUT2D eigenvalue weighted by molar-refractivity contribution is -0.166. The smallest absolute Gasteiger partial charge is 0.252 e. The van der Waals surface area contributed by atoms with E-state index in [0.29, 0.717) is 0 Å². The summed E-state index contributed by atoms with van der Waals surface area (Å²) in [6.45, 7) is 17.0. The van der Waals surface area contributed by atoms with Crippen molar-refractivity contribution in [2.45, 2.75) is 84.8 Å². The number of rotatable bonds is 2. The maximum Gasteiger partial charge on any atom is 0.252 e. The summed E-state index contributed by atoms with van der Waals surface area (Å²) in [4.78, 5) is 0. The Balaban J connectivity index is 0.00000132. The molecule has 0 bridgehead atoms. The van der Waals surface area contributed by atoms with Gasteiger partial charge in [-0.15, -0.1) is 0 Å². The molecule has 1 atom stereocenters. The topological polar surface area (TPSA) is 36.9 Å². The standard InChI is InChI=1S/C24H30O4S.C2H6/c1-14-8-20-16(10-18(14)25-7)22(3,4)12-24(26-20)13-23(5,6)17-11-19(28-29)15(2)9-21(17)27-24;1-2/h8-11,29H,12-13H2,1-7H3;1-2H3. The van der Waals surface area contributed by atoms with Gasteiger partial charge in [0, 0.05) is 47.7 Å². The Morgan fingerprint density at radius 2 is 1.19 bits per heavy atom. The molecule has 170 valence electrons. The minimum absolute atomic E-state index is 0.120. The Bertz CT molecular complexity index is 898. The number of methoxy groups -OCH3 is 1. The Kier molecular flexibility index (Phi) is 6.22. The SMILES string of the molecule is CC.COc1cc2c(cc1C)OC1(CC2(C)C)CC(C)(C)c2cc(OS)c(C)cc2O1. The monoisotopic (exact) mass is 444 g/mol. The van der Waals surface area contributed by atoms with Crippen molar-refractivity contribution < 1.29 is 18.4 Å². The summed E-state index contributed by atoms with van der Waals surface area (Å²) in [7, 11) is 1.71. The zero-order valence-electron chi connectivity index (χ0n) is 20.3. The molecule has 4 rings (SSSR count). The summed E-state index contributed by atoms with van der Waals surface area (Å²) >= 11 is 4.00. The lowest BCUT2D eigenvalue weighted by Crippen LogP contribution is -2.55. The predicted molar refractivity (Wildman–Crippen MR) is 129 cm³/mol. The van der Waals surface area contributed by atoms with Crippen molar-refractivity contribution in [3.05, 3.63) is 46.5 Å².